The molecule has 1 aliphatic heterocycles. The molecule has 2 aromatic carbocycles. The molecule has 0 saturated carbocycles. The molecule has 158 valence electrons. The number of piperidine rings is 1. The molecule has 0 amide bonds. The second kappa shape index (κ2) is 8.24. The van der Waals surface area contributed by atoms with Gasteiger partial charge in [-0.2, -0.15) is 0 Å². The first-order valence-corrected chi connectivity index (χ1v) is 10.3. The van der Waals surface area contributed by atoms with Gasteiger partial charge in [-0.15, -0.1) is 0 Å². The number of halogens is 2. The molecular formula is C23H25F2N3O2. The first-order chi connectivity index (χ1) is 14.4. The summed E-state index contributed by atoms with van der Waals surface area (Å²) in [5, 5.41) is 11.7. The van der Waals surface area contributed by atoms with Crippen molar-refractivity contribution in [3.63, 3.8) is 0 Å². The zero-order chi connectivity index (χ0) is 21.3. The summed E-state index contributed by atoms with van der Waals surface area (Å²) in [5.74, 6) is -1.04. The topological polar surface area (TPSA) is 58.4 Å². The number of para-hydroxylation sites is 1. The molecule has 1 N–H and O–H groups in total. The van der Waals surface area contributed by atoms with Crippen LogP contribution in [0.2, 0.25) is 0 Å². The van der Waals surface area contributed by atoms with Crippen LogP contribution >= 0.6 is 0 Å². The lowest BCUT2D eigenvalue weighted by Gasteiger charge is -2.38. The van der Waals surface area contributed by atoms with Crippen LogP contribution in [0.1, 0.15) is 31.2 Å². The molecule has 0 unspecified atom stereocenters. The molecule has 0 bridgehead atoms. The molecule has 1 saturated heterocycles. The fourth-order valence-electron chi connectivity index (χ4n) is 4.12. The monoisotopic (exact) mass is 413 g/mol. The zero-order valence-electron chi connectivity index (χ0n) is 16.9. The molecule has 1 aliphatic rings. The number of rotatable bonds is 5. The molecule has 0 atom stereocenters. The van der Waals surface area contributed by atoms with E-state index in [1.54, 1.807) is 16.7 Å². The third kappa shape index (κ3) is 4.13. The predicted octanol–water partition coefficient (Wildman–Crippen LogP) is 3.26. The van der Waals surface area contributed by atoms with Crippen molar-refractivity contribution < 1.29 is 13.9 Å². The van der Waals surface area contributed by atoms with E-state index in [0.717, 1.165) is 6.07 Å². The number of aliphatic hydroxyl groups is 1. The summed E-state index contributed by atoms with van der Waals surface area (Å²) in [7, 11) is 0. The Morgan fingerprint density at radius 1 is 1.10 bits per heavy atom. The summed E-state index contributed by atoms with van der Waals surface area (Å²) in [5.41, 5.74) is 0.226. The third-order valence-corrected chi connectivity index (χ3v) is 5.89. The van der Waals surface area contributed by atoms with Crippen LogP contribution in [0.15, 0.2) is 47.3 Å². The molecule has 5 nitrogen and oxygen atoms in total. The van der Waals surface area contributed by atoms with E-state index >= 15 is 0 Å². The predicted molar refractivity (Wildman–Crippen MR) is 111 cm³/mol. The summed E-state index contributed by atoms with van der Waals surface area (Å²) in [4.78, 5) is 19.7. The third-order valence-electron chi connectivity index (χ3n) is 5.89. The van der Waals surface area contributed by atoms with E-state index in [2.05, 4.69) is 9.88 Å². The molecule has 1 fully saturated rings. The molecule has 3 aromatic rings. The van der Waals surface area contributed by atoms with Gasteiger partial charge in [-0.25, -0.2) is 13.8 Å². The van der Waals surface area contributed by atoms with Crippen LogP contribution < -0.4 is 5.56 Å². The Morgan fingerprint density at radius 3 is 2.53 bits per heavy atom. The highest BCUT2D eigenvalue weighted by Crippen LogP contribution is 2.26. The Bertz CT molecular complexity index is 1120. The van der Waals surface area contributed by atoms with Crippen LogP contribution in [-0.4, -0.2) is 38.2 Å². The minimum Gasteiger partial charge on any atom is -0.388 e. The highest BCUT2D eigenvalue weighted by molar-refractivity contribution is 5.77. The van der Waals surface area contributed by atoms with E-state index in [-0.39, 0.29) is 12.1 Å². The number of nitrogens with zero attached hydrogens (tertiary/aromatic N) is 3. The van der Waals surface area contributed by atoms with E-state index in [1.165, 1.54) is 6.07 Å². The summed E-state index contributed by atoms with van der Waals surface area (Å²) in [6.45, 7) is 3.85. The maximum Gasteiger partial charge on any atom is 0.261 e. The molecular weight excluding hydrogens is 388 g/mol. The second-order valence-corrected chi connectivity index (χ2v) is 8.04. The van der Waals surface area contributed by atoms with Crippen LogP contribution in [-0.2, 0) is 19.5 Å². The van der Waals surface area contributed by atoms with Gasteiger partial charge in [-0.1, -0.05) is 25.1 Å². The zero-order valence-corrected chi connectivity index (χ0v) is 16.9. The average molecular weight is 413 g/mol. The molecule has 0 aliphatic carbocycles. The Kier molecular flexibility index (Phi) is 5.66. The molecule has 7 heteroatoms. The largest absolute Gasteiger partial charge is 0.388 e. The van der Waals surface area contributed by atoms with Gasteiger partial charge in [0, 0.05) is 26.1 Å². The second-order valence-electron chi connectivity index (χ2n) is 8.04. The smallest absolute Gasteiger partial charge is 0.261 e. The van der Waals surface area contributed by atoms with Crippen molar-refractivity contribution >= 4 is 10.9 Å². The van der Waals surface area contributed by atoms with Gasteiger partial charge in [0.15, 0.2) is 11.6 Å². The van der Waals surface area contributed by atoms with Crippen LogP contribution in [0.4, 0.5) is 8.78 Å². The van der Waals surface area contributed by atoms with E-state index < -0.39 is 17.2 Å². The maximum absolute atomic E-state index is 13.4. The maximum atomic E-state index is 13.4. The van der Waals surface area contributed by atoms with Gasteiger partial charge in [0.1, 0.15) is 5.82 Å². The van der Waals surface area contributed by atoms with Crippen molar-refractivity contribution in [2.75, 3.05) is 13.1 Å². The van der Waals surface area contributed by atoms with Gasteiger partial charge < -0.3 is 5.11 Å². The Hall–Kier alpha value is -2.64. The quantitative estimate of drug-likeness (QED) is 0.698. The van der Waals surface area contributed by atoms with Crippen molar-refractivity contribution in [2.45, 2.75) is 44.9 Å². The van der Waals surface area contributed by atoms with Crippen LogP contribution in [0.25, 0.3) is 10.9 Å². The Labute approximate surface area is 173 Å². The van der Waals surface area contributed by atoms with Crippen molar-refractivity contribution in [2.24, 2.45) is 0 Å². The number of likely N-dealkylation sites (tertiary alicyclic amines) is 1. The molecule has 2 heterocycles. The summed E-state index contributed by atoms with van der Waals surface area (Å²) in [6, 6.07) is 11.2. The number of aromatic nitrogens is 2. The number of benzene rings is 2. The summed E-state index contributed by atoms with van der Waals surface area (Å²) >= 11 is 0. The number of hydrogen-bond acceptors (Lipinski definition) is 4. The molecule has 0 spiro atoms. The van der Waals surface area contributed by atoms with E-state index in [9.17, 15) is 18.7 Å². The highest BCUT2D eigenvalue weighted by atomic mass is 19.2. The van der Waals surface area contributed by atoms with Crippen LogP contribution in [0.5, 0.6) is 0 Å². The van der Waals surface area contributed by atoms with Crippen molar-refractivity contribution in [1.29, 1.82) is 0 Å². The van der Waals surface area contributed by atoms with Crippen molar-refractivity contribution in [1.82, 2.24) is 14.5 Å². The lowest BCUT2D eigenvalue weighted by molar-refractivity contribution is -0.0370. The van der Waals surface area contributed by atoms with Gasteiger partial charge in [0.2, 0.25) is 0 Å². The standard InChI is InChI=1S/C23H25F2N3O2/c1-2-21-26-20-6-4-3-5-17(20)22(29)28(21)15-23(30)9-11-27(12-10-23)14-16-7-8-18(24)19(25)13-16/h3-8,13,30H,2,9-12,14-15H2,1H3. The van der Waals surface area contributed by atoms with Crippen molar-refractivity contribution in [3.8, 4) is 0 Å². The Balaban J connectivity index is 1.49. The van der Waals surface area contributed by atoms with Crippen LogP contribution in [0.3, 0.4) is 0 Å². The number of aryl methyl sites for hydroxylation is 1. The first kappa shape index (κ1) is 20.6. The first-order valence-electron chi connectivity index (χ1n) is 10.3. The minimum atomic E-state index is -1.01. The fraction of sp³-hybridized carbons (Fsp3) is 0.391. The lowest BCUT2D eigenvalue weighted by atomic mass is 9.90. The normalized spacial score (nSPS) is 16.8. The molecule has 1 aromatic heterocycles. The minimum absolute atomic E-state index is 0.130. The number of hydrogen-bond donors (Lipinski definition) is 1. The highest BCUT2D eigenvalue weighted by Gasteiger charge is 2.33. The number of fused-ring (bicyclic) bond motifs is 1. The SMILES string of the molecule is CCc1nc2ccccc2c(=O)n1CC1(O)CCN(Cc2ccc(F)c(F)c2)CC1. The average Bonchev–Trinajstić information content (AvgIpc) is 2.74. The van der Waals surface area contributed by atoms with Gasteiger partial charge in [-0.3, -0.25) is 14.3 Å². The lowest BCUT2D eigenvalue weighted by Crippen LogP contribution is -2.48. The van der Waals surface area contributed by atoms with Gasteiger partial charge in [-0.05, 0) is 42.7 Å². The van der Waals surface area contributed by atoms with Gasteiger partial charge in [0.25, 0.3) is 5.56 Å². The van der Waals surface area contributed by atoms with Crippen LogP contribution in [0, 0.1) is 11.6 Å². The molecule has 0 radical (unpaired) electrons. The van der Waals surface area contributed by atoms with Gasteiger partial charge in [0.05, 0.1) is 23.0 Å². The van der Waals surface area contributed by atoms with Gasteiger partial charge >= 0.3 is 0 Å². The molecule has 4 rings (SSSR count). The summed E-state index contributed by atoms with van der Waals surface area (Å²) < 4.78 is 28.2. The van der Waals surface area contributed by atoms with Crippen molar-refractivity contribution in [3.05, 3.63) is 75.8 Å². The molecule has 30 heavy (non-hydrogen) atoms. The van der Waals surface area contributed by atoms with E-state index in [4.69, 9.17) is 0 Å². The van der Waals surface area contributed by atoms with E-state index in [0.29, 0.717) is 61.2 Å². The summed E-state index contributed by atoms with van der Waals surface area (Å²) in [6.07, 6.45) is 1.57. The van der Waals surface area contributed by atoms with E-state index in [1.807, 2.05) is 25.1 Å². The Morgan fingerprint density at radius 2 is 1.83 bits per heavy atom. The fourth-order valence-corrected chi connectivity index (χ4v) is 4.12.